The first-order valence-corrected chi connectivity index (χ1v) is 5.18. The second-order valence-electron chi connectivity index (χ2n) is 4.57. The van der Waals surface area contributed by atoms with Gasteiger partial charge in [-0.15, -0.1) is 0 Å². The van der Waals surface area contributed by atoms with Gasteiger partial charge >= 0.3 is 0 Å². The van der Waals surface area contributed by atoms with Crippen molar-refractivity contribution in [1.29, 1.82) is 0 Å². The standard InChI is InChI=1S/C12H20O/c1-5-11(13)12(4)7-6-9(2)10(3)8-12/h5-8H2,1-4H3. The summed E-state index contributed by atoms with van der Waals surface area (Å²) in [7, 11) is 0. The number of hydrogen-bond acceptors (Lipinski definition) is 1. The summed E-state index contributed by atoms with van der Waals surface area (Å²) < 4.78 is 0. The van der Waals surface area contributed by atoms with E-state index >= 15 is 0 Å². The van der Waals surface area contributed by atoms with Gasteiger partial charge in [0.25, 0.3) is 0 Å². The lowest BCUT2D eigenvalue weighted by Gasteiger charge is -2.33. The van der Waals surface area contributed by atoms with E-state index in [1.165, 1.54) is 11.1 Å². The Bertz CT molecular complexity index is 250. The Kier molecular flexibility index (Phi) is 2.94. The molecule has 0 spiro atoms. The van der Waals surface area contributed by atoms with Crippen molar-refractivity contribution >= 4 is 5.78 Å². The van der Waals surface area contributed by atoms with Crippen molar-refractivity contribution in [3.63, 3.8) is 0 Å². The first-order valence-electron chi connectivity index (χ1n) is 5.18. The zero-order chi connectivity index (χ0) is 10.1. The van der Waals surface area contributed by atoms with Gasteiger partial charge < -0.3 is 0 Å². The normalized spacial score (nSPS) is 29.2. The molecule has 0 aromatic carbocycles. The summed E-state index contributed by atoms with van der Waals surface area (Å²) >= 11 is 0. The Balaban J connectivity index is 2.81. The number of ketones is 1. The summed E-state index contributed by atoms with van der Waals surface area (Å²) in [5, 5.41) is 0. The first-order chi connectivity index (χ1) is 5.99. The van der Waals surface area contributed by atoms with Crippen LogP contribution in [-0.4, -0.2) is 5.78 Å². The molecule has 0 bridgehead atoms. The monoisotopic (exact) mass is 180 g/mol. The van der Waals surface area contributed by atoms with Gasteiger partial charge in [0.15, 0.2) is 0 Å². The maximum Gasteiger partial charge on any atom is 0.138 e. The van der Waals surface area contributed by atoms with E-state index in [1.54, 1.807) is 0 Å². The third-order valence-electron chi connectivity index (χ3n) is 3.43. The highest BCUT2D eigenvalue weighted by Gasteiger charge is 2.34. The maximum absolute atomic E-state index is 11.7. The molecule has 0 heterocycles. The number of hydrogen-bond donors (Lipinski definition) is 0. The van der Waals surface area contributed by atoms with Crippen LogP contribution in [0.25, 0.3) is 0 Å². The van der Waals surface area contributed by atoms with Crippen LogP contribution in [0.1, 0.15) is 53.4 Å². The molecule has 0 aliphatic heterocycles. The summed E-state index contributed by atoms with van der Waals surface area (Å²) in [6, 6.07) is 0. The van der Waals surface area contributed by atoms with Crippen molar-refractivity contribution < 1.29 is 4.79 Å². The number of allylic oxidation sites excluding steroid dienone is 2. The summed E-state index contributed by atoms with van der Waals surface area (Å²) in [6.07, 6.45) is 3.81. The minimum atomic E-state index is -0.0572. The highest BCUT2D eigenvalue weighted by atomic mass is 16.1. The van der Waals surface area contributed by atoms with E-state index in [1.807, 2.05) is 6.92 Å². The van der Waals surface area contributed by atoms with E-state index in [9.17, 15) is 4.79 Å². The van der Waals surface area contributed by atoms with Crippen LogP contribution in [0, 0.1) is 5.41 Å². The Morgan fingerprint density at radius 3 is 2.46 bits per heavy atom. The molecule has 1 aliphatic rings. The molecule has 1 rings (SSSR count). The lowest BCUT2D eigenvalue weighted by atomic mass is 9.70. The van der Waals surface area contributed by atoms with Crippen LogP contribution >= 0.6 is 0 Å². The molecule has 0 aromatic rings. The van der Waals surface area contributed by atoms with Gasteiger partial charge in [-0.3, -0.25) is 4.79 Å². The van der Waals surface area contributed by atoms with Crippen molar-refractivity contribution in [3.8, 4) is 0 Å². The van der Waals surface area contributed by atoms with Crippen LogP contribution in [-0.2, 0) is 4.79 Å². The van der Waals surface area contributed by atoms with E-state index in [-0.39, 0.29) is 5.41 Å². The Labute approximate surface area is 81.2 Å². The summed E-state index contributed by atoms with van der Waals surface area (Å²) in [4.78, 5) is 11.7. The summed E-state index contributed by atoms with van der Waals surface area (Å²) in [5.74, 6) is 0.430. The molecule has 0 N–H and O–H groups in total. The van der Waals surface area contributed by atoms with E-state index in [0.29, 0.717) is 12.2 Å². The van der Waals surface area contributed by atoms with Crippen molar-refractivity contribution in [2.75, 3.05) is 0 Å². The fourth-order valence-corrected chi connectivity index (χ4v) is 2.17. The van der Waals surface area contributed by atoms with Gasteiger partial charge in [-0.25, -0.2) is 0 Å². The third-order valence-corrected chi connectivity index (χ3v) is 3.43. The second kappa shape index (κ2) is 3.65. The van der Waals surface area contributed by atoms with Gasteiger partial charge in [-0.05, 0) is 33.1 Å². The van der Waals surface area contributed by atoms with Gasteiger partial charge in [0.2, 0.25) is 0 Å². The largest absolute Gasteiger partial charge is 0.299 e. The fraction of sp³-hybridized carbons (Fsp3) is 0.750. The lowest BCUT2D eigenvalue weighted by Crippen LogP contribution is -2.30. The molecule has 1 unspecified atom stereocenters. The number of carbonyl (C=O) groups excluding carboxylic acids is 1. The Hall–Kier alpha value is -0.590. The molecule has 0 amide bonds. The van der Waals surface area contributed by atoms with Crippen LogP contribution in [0.15, 0.2) is 11.1 Å². The predicted molar refractivity (Wildman–Crippen MR) is 55.6 cm³/mol. The minimum Gasteiger partial charge on any atom is -0.299 e. The number of Topliss-reactive ketones (excluding diaryl/α,β-unsaturated/α-hetero) is 1. The molecular weight excluding hydrogens is 160 g/mol. The molecule has 1 nitrogen and oxygen atoms in total. The summed E-state index contributed by atoms with van der Waals surface area (Å²) in [5.41, 5.74) is 2.86. The van der Waals surface area contributed by atoms with Gasteiger partial charge in [-0.2, -0.15) is 0 Å². The topological polar surface area (TPSA) is 17.1 Å². The SMILES string of the molecule is CCC(=O)C1(C)CCC(C)=C(C)C1. The highest BCUT2D eigenvalue weighted by Crippen LogP contribution is 2.40. The number of rotatable bonds is 2. The average Bonchev–Trinajstić information content (AvgIpc) is 2.11. The highest BCUT2D eigenvalue weighted by molar-refractivity contribution is 5.84. The molecule has 0 radical (unpaired) electrons. The molecule has 0 aromatic heterocycles. The van der Waals surface area contributed by atoms with Crippen molar-refractivity contribution in [1.82, 2.24) is 0 Å². The van der Waals surface area contributed by atoms with E-state index in [4.69, 9.17) is 0 Å². The molecule has 0 fully saturated rings. The van der Waals surface area contributed by atoms with Crippen molar-refractivity contribution in [3.05, 3.63) is 11.1 Å². The molecule has 1 aliphatic carbocycles. The van der Waals surface area contributed by atoms with E-state index in [0.717, 1.165) is 19.3 Å². The fourth-order valence-electron chi connectivity index (χ4n) is 2.17. The molecule has 0 saturated carbocycles. The van der Waals surface area contributed by atoms with Crippen LogP contribution in [0.3, 0.4) is 0 Å². The van der Waals surface area contributed by atoms with Crippen molar-refractivity contribution in [2.45, 2.75) is 53.4 Å². The second-order valence-corrected chi connectivity index (χ2v) is 4.57. The smallest absolute Gasteiger partial charge is 0.138 e. The molecule has 0 saturated heterocycles. The minimum absolute atomic E-state index is 0.0572. The van der Waals surface area contributed by atoms with Crippen LogP contribution in [0.2, 0.25) is 0 Å². The van der Waals surface area contributed by atoms with Gasteiger partial charge in [0.1, 0.15) is 5.78 Å². The van der Waals surface area contributed by atoms with E-state index in [2.05, 4.69) is 20.8 Å². The number of carbonyl (C=O) groups is 1. The Morgan fingerprint density at radius 1 is 1.38 bits per heavy atom. The Morgan fingerprint density at radius 2 is 2.00 bits per heavy atom. The molecule has 74 valence electrons. The van der Waals surface area contributed by atoms with E-state index < -0.39 is 0 Å². The van der Waals surface area contributed by atoms with Gasteiger partial charge in [-0.1, -0.05) is 25.0 Å². The third kappa shape index (κ3) is 2.01. The zero-order valence-corrected chi connectivity index (χ0v) is 9.24. The zero-order valence-electron chi connectivity index (χ0n) is 9.24. The molecule has 13 heavy (non-hydrogen) atoms. The quantitative estimate of drug-likeness (QED) is 0.594. The molecule has 1 heteroatoms. The van der Waals surface area contributed by atoms with Crippen molar-refractivity contribution in [2.24, 2.45) is 5.41 Å². The maximum atomic E-state index is 11.7. The first kappa shape index (κ1) is 10.5. The lowest BCUT2D eigenvalue weighted by molar-refractivity contribution is -0.128. The molecule has 1 atom stereocenters. The molecular formula is C12H20O. The van der Waals surface area contributed by atoms with Crippen LogP contribution in [0.4, 0.5) is 0 Å². The predicted octanol–water partition coefficient (Wildman–Crippen LogP) is 3.49. The summed E-state index contributed by atoms with van der Waals surface area (Å²) in [6.45, 7) is 8.43. The van der Waals surface area contributed by atoms with Crippen LogP contribution in [0.5, 0.6) is 0 Å². The van der Waals surface area contributed by atoms with Crippen LogP contribution < -0.4 is 0 Å². The average molecular weight is 180 g/mol. The van der Waals surface area contributed by atoms with Gasteiger partial charge in [0.05, 0.1) is 0 Å². The van der Waals surface area contributed by atoms with Gasteiger partial charge in [0, 0.05) is 11.8 Å².